The van der Waals surface area contributed by atoms with Gasteiger partial charge in [-0.25, -0.2) is 0 Å². The molecule has 2 nitrogen and oxygen atoms in total. The average molecular weight is 303 g/mol. The number of hydrogen-bond donors (Lipinski definition) is 0. The SMILES string of the molecule is C(=Cc1ccc(OCc2ccccc2)cc1)CCn1cccc1. The van der Waals surface area contributed by atoms with Gasteiger partial charge in [-0.1, -0.05) is 54.6 Å². The van der Waals surface area contributed by atoms with Crippen LogP contribution in [-0.2, 0) is 13.2 Å². The number of aromatic nitrogens is 1. The van der Waals surface area contributed by atoms with E-state index in [9.17, 15) is 0 Å². The van der Waals surface area contributed by atoms with Crippen molar-refractivity contribution >= 4 is 6.08 Å². The Kier molecular flexibility index (Phi) is 5.30. The summed E-state index contributed by atoms with van der Waals surface area (Å²) in [7, 11) is 0. The Morgan fingerprint density at radius 1 is 0.826 bits per heavy atom. The predicted octanol–water partition coefficient (Wildman–Crippen LogP) is 5.17. The van der Waals surface area contributed by atoms with E-state index in [1.165, 1.54) is 11.1 Å². The average Bonchev–Trinajstić information content (AvgIpc) is 3.12. The summed E-state index contributed by atoms with van der Waals surface area (Å²) in [6.45, 7) is 1.62. The van der Waals surface area contributed by atoms with Gasteiger partial charge in [0, 0.05) is 18.9 Å². The topological polar surface area (TPSA) is 14.2 Å². The molecule has 0 fully saturated rings. The molecule has 0 unspecified atom stereocenters. The van der Waals surface area contributed by atoms with Crippen LogP contribution in [0.1, 0.15) is 17.5 Å². The largest absolute Gasteiger partial charge is 0.489 e. The molecule has 0 aliphatic carbocycles. The second kappa shape index (κ2) is 8.04. The van der Waals surface area contributed by atoms with Crippen molar-refractivity contribution in [3.8, 4) is 5.75 Å². The summed E-state index contributed by atoms with van der Waals surface area (Å²) < 4.78 is 7.98. The van der Waals surface area contributed by atoms with Gasteiger partial charge in [0.25, 0.3) is 0 Å². The number of hydrogen-bond acceptors (Lipinski definition) is 1. The lowest BCUT2D eigenvalue weighted by molar-refractivity contribution is 0.306. The van der Waals surface area contributed by atoms with E-state index in [-0.39, 0.29) is 0 Å². The van der Waals surface area contributed by atoms with Gasteiger partial charge in [0.15, 0.2) is 0 Å². The van der Waals surface area contributed by atoms with Crippen molar-refractivity contribution in [1.29, 1.82) is 0 Å². The highest BCUT2D eigenvalue weighted by Gasteiger charge is 1.95. The van der Waals surface area contributed by atoms with Crippen LogP contribution in [0, 0.1) is 0 Å². The van der Waals surface area contributed by atoms with E-state index in [2.05, 4.69) is 65.5 Å². The van der Waals surface area contributed by atoms with Crippen molar-refractivity contribution in [3.63, 3.8) is 0 Å². The molecule has 3 rings (SSSR count). The van der Waals surface area contributed by atoms with Gasteiger partial charge < -0.3 is 9.30 Å². The molecule has 1 heterocycles. The summed E-state index contributed by atoms with van der Waals surface area (Å²) in [6, 6.07) is 22.5. The van der Waals surface area contributed by atoms with Crippen molar-refractivity contribution < 1.29 is 4.74 Å². The molecular weight excluding hydrogens is 282 g/mol. The molecule has 0 saturated heterocycles. The molecule has 1 aromatic heterocycles. The third-order valence-electron chi connectivity index (χ3n) is 3.66. The maximum Gasteiger partial charge on any atom is 0.119 e. The normalized spacial score (nSPS) is 11.0. The van der Waals surface area contributed by atoms with Crippen molar-refractivity contribution in [2.75, 3.05) is 0 Å². The molecule has 2 heteroatoms. The lowest BCUT2D eigenvalue weighted by atomic mass is 10.2. The summed E-state index contributed by atoms with van der Waals surface area (Å²) >= 11 is 0. The van der Waals surface area contributed by atoms with Crippen LogP contribution in [-0.4, -0.2) is 4.57 Å². The highest BCUT2D eigenvalue weighted by atomic mass is 16.5. The zero-order chi connectivity index (χ0) is 15.7. The monoisotopic (exact) mass is 303 g/mol. The Labute approximate surface area is 137 Å². The highest BCUT2D eigenvalue weighted by molar-refractivity contribution is 5.50. The maximum absolute atomic E-state index is 5.79. The van der Waals surface area contributed by atoms with Crippen LogP contribution in [0.25, 0.3) is 6.08 Å². The van der Waals surface area contributed by atoms with Crippen molar-refractivity contribution in [2.24, 2.45) is 0 Å². The van der Waals surface area contributed by atoms with E-state index in [0.717, 1.165) is 18.7 Å². The number of allylic oxidation sites excluding steroid dienone is 1. The molecule has 2 aromatic carbocycles. The van der Waals surface area contributed by atoms with E-state index in [4.69, 9.17) is 4.74 Å². The minimum Gasteiger partial charge on any atom is -0.489 e. The van der Waals surface area contributed by atoms with E-state index < -0.39 is 0 Å². The highest BCUT2D eigenvalue weighted by Crippen LogP contribution is 2.15. The number of aryl methyl sites for hydroxylation is 1. The van der Waals surface area contributed by atoms with E-state index in [1.807, 2.05) is 30.3 Å². The van der Waals surface area contributed by atoms with Crippen LogP contribution in [0.4, 0.5) is 0 Å². The first-order valence-electron chi connectivity index (χ1n) is 7.94. The van der Waals surface area contributed by atoms with Crippen LogP contribution in [0.15, 0.2) is 85.2 Å². The first-order valence-corrected chi connectivity index (χ1v) is 7.94. The smallest absolute Gasteiger partial charge is 0.119 e. The van der Waals surface area contributed by atoms with Crippen LogP contribution in [0.2, 0.25) is 0 Å². The summed E-state index contributed by atoms with van der Waals surface area (Å²) in [5.74, 6) is 0.901. The van der Waals surface area contributed by atoms with Crippen molar-refractivity contribution in [2.45, 2.75) is 19.6 Å². The first kappa shape index (κ1) is 15.2. The predicted molar refractivity (Wildman–Crippen MR) is 95.3 cm³/mol. The molecular formula is C21H21NO. The van der Waals surface area contributed by atoms with Gasteiger partial charge in [0.05, 0.1) is 0 Å². The molecule has 0 aliphatic rings. The summed E-state index contributed by atoms with van der Waals surface area (Å²) in [4.78, 5) is 0. The van der Waals surface area contributed by atoms with Crippen LogP contribution >= 0.6 is 0 Å². The van der Waals surface area contributed by atoms with Crippen molar-refractivity contribution in [1.82, 2.24) is 4.57 Å². The Morgan fingerprint density at radius 3 is 2.30 bits per heavy atom. The van der Waals surface area contributed by atoms with Gasteiger partial charge in [0.1, 0.15) is 12.4 Å². The molecule has 0 amide bonds. The zero-order valence-corrected chi connectivity index (χ0v) is 13.1. The molecule has 0 aliphatic heterocycles. The van der Waals surface area contributed by atoms with Gasteiger partial charge in [-0.3, -0.25) is 0 Å². The van der Waals surface area contributed by atoms with Crippen LogP contribution in [0.3, 0.4) is 0 Å². The number of nitrogens with zero attached hydrogens (tertiary/aromatic N) is 1. The molecule has 116 valence electrons. The maximum atomic E-state index is 5.79. The lowest BCUT2D eigenvalue weighted by Gasteiger charge is -2.06. The molecule has 0 N–H and O–H groups in total. The van der Waals surface area contributed by atoms with Gasteiger partial charge >= 0.3 is 0 Å². The summed E-state index contributed by atoms with van der Waals surface area (Å²) in [5, 5.41) is 0. The minimum atomic E-state index is 0.604. The van der Waals surface area contributed by atoms with Gasteiger partial charge in [0.2, 0.25) is 0 Å². The molecule has 0 radical (unpaired) electrons. The molecule has 0 atom stereocenters. The van der Waals surface area contributed by atoms with Crippen LogP contribution < -0.4 is 4.74 Å². The van der Waals surface area contributed by atoms with Crippen LogP contribution in [0.5, 0.6) is 5.75 Å². The first-order chi connectivity index (χ1) is 11.4. The Balaban J connectivity index is 1.46. The zero-order valence-electron chi connectivity index (χ0n) is 13.1. The summed E-state index contributed by atoms with van der Waals surface area (Å²) in [5.41, 5.74) is 2.38. The fourth-order valence-corrected chi connectivity index (χ4v) is 2.38. The third-order valence-corrected chi connectivity index (χ3v) is 3.66. The third kappa shape index (κ3) is 4.89. The van der Waals surface area contributed by atoms with E-state index in [0.29, 0.717) is 6.61 Å². The molecule has 0 saturated carbocycles. The quantitative estimate of drug-likeness (QED) is 0.587. The Hall–Kier alpha value is -2.74. The van der Waals surface area contributed by atoms with Gasteiger partial charge in [-0.05, 0) is 41.8 Å². The summed E-state index contributed by atoms with van der Waals surface area (Å²) in [6.07, 6.45) is 9.57. The standard InChI is InChI=1S/C21H21NO/c1-2-9-20(10-3-1)18-23-21-13-11-19(12-14-21)8-4-5-15-22-16-6-7-17-22/h1-4,6-14,16-17H,5,15,18H2. The molecule has 0 spiro atoms. The minimum absolute atomic E-state index is 0.604. The Morgan fingerprint density at radius 2 is 1.57 bits per heavy atom. The van der Waals surface area contributed by atoms with E-state index >= 15 is 0 Å². The molecule has 23 heavy (non-hydrogen) atoms. The van der Waals surface area contributed by atoms with E-state index in [1.54, 1.807) is 0 Å². The van der Waals surface area contributed by atoms with Gasteiger partial charge in [-0.2, -0.15) is 0 Å². The fraction of sp³-hybridized carbons (Fsp3) is 0.143. The number of benzene rings is 2. The number of ether oxygens (including phenoxy) is 1. The second-order valence-corrected chi connectivity index (χ2v) is 5.46. The molecule has 0 bridgehead atoms. The number of rotatable bonds is 7. The molecule has 3 aromatic rings. The van der Waals surface area contributed by atoms with Gasteiger partial charge in [-0.15, -0.1) is 0 Å². The van der Waals surface area contributed by atoms with Crippen molar-refractivity contribution in [3.05, 3.63) is 96.3 Å². The Bertz CT molecular complexity index is 712. The lowest BCUT2D eigenvalue weighted by Crippen LogP contribution is -1.94. The fourth-order valence-electron chi connectivity index (χ4n) is 2.38. The second-order valence-electron chi connectivity index (χ2n) is 5.46.